The molecule has 0 aliphatic heterocycles. The van der Waals surface area contributed by atoms with Gasteiger partial charge in [0, 0.05) is 0 Å². The molecule has 0 heterocycles. The predicted molar refractivity (Wildman–Crippen MR) is 97.8 cm³/mol. The molecule has 126 valence electrons. The van der Waals surface area contributed by atoms with E-state index in [1.54, 1.807) is 19.2 Å². The van der Waals surface area contributed by atoms with E-state index in [0.29, 0.717) is 12.0 Å². The van der Waals surface area contributed by atoms with Crippen molar-refractivity contribution in [1.29, 1.82) is 0 Å². The van der Waals surface area contributed by atoms with Crippen LogP contribution in [-0.2, 0) is 17.8 Å². The maximum Gasteiger partial charge on any atom is 0.338 e. The Labute approximate surface area is 147 Å². The lowest BCUT2D eigenvalue weighted by molar-refractivity contribution is 0.0471. The van der Waals surface area contributed by atoms with Crippen molar-refractivity contribution in [2.24, 2.45) is 0 Å². The maximum absolute atomic E-state index is 12.6. The van der Waals surface area contributed by atoms with Crippen LogP contribution in [0.3, 0.4) is 0 Å². The van der Waals surface area contributed by atoms with Crippen molar-refractivity contribution in [3.05, 3.63) is 101 Å². The van der Waals surface area contributed by atoms with Gasteiger partial charge in [0.1, 0.15) is 12.4 Å². The molecule has 3 rings (SSSR count). The van der Waals surface area contributed by atoms with Crippen LogP contribution >= 0.6 is 0 Å². The molecule has 0 bridgehead atoms. The van der Waals surface area contributed by atoms with Gasteiger partial charge >= 0.3 is 5.97 Å². The zero-order chi connectivity index (χ0) is 17.5. The summed E-state index contributed by atoms with van der Waals surface area (Å²) in [6, 6.07) is 25.1. The third-order valence-corrected chi connectivity index (χ3v) is 3.98. The molecule has 0 aromatic heterocycles. The highest BCUT2D eigenvalue weighted by atomic mass is 16.5. The normalized spacial score (nSPS) is 10.3. The van der Waals surface area contributed by atoms with Gasteiger partial charge < -0.3 is 9.47 Å². The Kier molecular flexibility index (Phi) is 5.47. The number of esters is 1. The summed E-state index contributed by atoms with van der Waals surface area (Å²) in [6.07, 6.45) is 0.647. The zero-order valence-electron chi connectivity index (χ0n) is 14.1. The number of methoxy groups -OCH3 is 1. The van der Waals surface area contributed by atoms with E-state index in [1.807, 2.05) is 66.7 Å². The minimum Gasteiger partial charge on any atom is -0.497 e. The first kappa shape index (κ1) is 16.8. The molecular weight excluding hydrogens is 312 g/mol. The Morgan fingerprint density at radius 1 is 0.840 bits per heavy atom. The van der Waals surface area contributed by atoms with Crippen molar-refractivity contribution in [3.8, 4) is 5.75 Å². The largest absolute Gasteiger partial charge is 0.497 e. The Bertz CT molecular complexity index is 826. The minimum atomic E-state index is -0.322. The number of carbonyl (C=O) groups is 1. The van der Waals surface area contributed by atoms with Crippen LogP contribution in [0.15, 0.2) is 78.9 Å². The van der Waals surface area contributed by atoms with Gasteiger partial charge in [-0.1, -0.05) is 60.7 Å². The highest BCUT2D eigenvalue weighted by Gasteiger charge is 2.14. The first-order chi connectivity index (χ1) is 12.3. The zero-order valence-corrected chi connectivity index (χ0v) is 14.1. The molecule has 3 aromatic rings. The van der Waals surface area contributed by atoms with E-state index in [2.05, 4.69) is 0 Å². The third kappa shape index (κ3) is 4.48. The lowest BCUT2D eigenvalue weighted by Gasteiger charge is -2.12. The predicted octanol–water partition coefficient (Wildman–Crippen LogP) is 4.64. The molecule has 25 heavy (non-hydrogen) atoms. The Hall–Kier alpha value is -3.07. The number of benzene rings is 3. The summed E-state index contributed by atoms with van der Waals surface area (Å²) >= 11 is 0. The number of rotatable bonds is 6. The first-order valence-corrected chi connectivity index (χ1v) is 8.18. The minimum absolute atomic E-state index is 0.260. The molecule has 3 heteroatoms. The quantitative estimate of drug-likeness (QED) is 0.617. The van der Waals surface area contributed by atoms with Gasteiger partial charge in [-0.15, -0.1) is 0 Å². The fourth-order valence-electron chi connectivity index (χ4n) is 2.66. The summed E-state index contributed by atoms with van der Waals surface area (Å²) in [5, 5.41) is 0. The standard InChI is InChI=1S/C22H20O3/c1-24-20-12-13-21(19(15-20)14-17-8-4-2-5-9-17)22(23)25-16-18-10-6-3-7-11-18/h2-13,15H,14,16H2,1H3. The van der Waals surface area contributed by atoms with Crippen LogP contribution in [0.2, 0.25) is 0 Å². The lowest BCUT2D eigenvalue weighted by Crippen LogP contribution is -2.09. The van der Waals surface area contributed by atoms with Crippen LogP contribution in [0.25, 0.3) is 0 Å². The summed E-state index contributed by atoms with van der Waals surface area (Å²) in [7, 11) is 1.62. The second-order valence-corrected chi connectivity index (χ2v) is 5.75. The fourth-order valence-corrected chi connectivity index (χ4v) is 2.66. The molecule has 0 amide bonds. The molecule has 0 spiro atoms. The van der Waals surface area contributed by atoms with E-state index in [1.165, 1.54) is 0 Å². The van der Waals surface area contributed by atoms with Crippen molar-refractivity contribution >= 4 is 5.97 Å². The average Bonchev–Trinajstić information content (AvgIpc) is 2.67. The van der Waals surface area contributed by atoms with Crippen molar-refractivity contribution < 1.29 is 14.3 Å². The molecule has 3 aromatic carbocycles. The van der Waals surface area contributed by atoms with Crippen LogP contribution < -0.4 is 4.74 Å². The van der Waals surface area contributed by atoms with Crippen LogP contribution in [0.5, 0.6) is 5.75 Å². The Morgan fingerprint density at radius 2 is 1.48 bits per heavy atom. The molecule has 0 saturated carbocycles. The fraction of sp³-hybridized carbons (Fsp3) is 0.136. The number of ether oxygens (including phenoxy) is 2. The van der Waals surface area contributed by atoms with Gasteiger partial charge in [0.25, 0.3) is 0 Å². The highest BCUT2D eigenvalue weighted by Crippen LogP contribution is 2.22. The molecule has 0 aliphatic rings. The van der Waals surface area contributed by atoms with Crippen molar-refractivity contribution in [2.45, 2.75) is 13.0 Å². The van der Waals surface area contributed by atoms with E-state index >= 15 is 0 Å². The van der Waals surface area contributed by atoms with Crippen LogP contribution in [-0.4, -0.2) is 13.1 Å². The van der Waals surface area contributed by atoms with E-state index in [-0.39, 0.29) is 12.6 Å². The van der Waals surface area contributed by atoms with Gasteiger partial charge in [0.2, 0.25) is 0 Å². The Balaban J connectivity index is 1.80. The van der Waals surface area contributed by atoms with E-state index in [4.69, 9.17) is 9.47 Å². The van der Waals surface area contributed by atoms with Gasteiger partial charge in [0.15, 0.2) is 0 Å². The third-order valence-electron chi connectivity index (χ3n) is 3.98. The highest BCUT2D eigenvalue weighted by molar-refractivity contribution is 5.91. The molecular formula is C22H20O3. The van der Waals surface area contributed by atoms with Crippen molar-refractivity contribution in [2.75, 3.05) is 7.11 Å². The number of hydrogen-bond donors (Lipinski definition) is 0. The average molecular weight is 332 g/mol. The molecule has 0 aliphatic carbocycles. The van der Waals surface area contributed by atoms with Crippen LogP contribution in [0, 0.1) is 0 Å². The summed E-state index contributed by atoms with van der Waals surface area (Å²) < 4.78 is 10.8. The van der Waals surface area contributed by atoms with Gasteiger partial charge in [-0.25, -0.2) is 4.79 Å². The number of carbonyl (C=O) groups excluding carboxylic acids is 1. The second-order valence-electron chi connectivity index (χ2n) is 5.75. The molecule has 0 N–H and O–H groups in total. The summed E-state index contributed by atoms with van der Waals surface area (Å²) in [6.45, 7) is 0.260. The van der Waals surface area contributed by atoms with Crippen LogP contribution in [0.1, 0.15) is 27.0 Å². The SMILES string of the molecule is COc1ccc(C(=O)OCc2ccccc2)c(Cc2ccccc2)c1. The second kappa shape index (κ2) is 8.15. The summed E-state index contributed by atoms with van der Waals surface area (Å²) in [4.78, 5) is 12.6. The summed E-state index contributed by atoms with van der Waals surface area (Å²) in [5.41, 5.74) is 3.56. The van der Waals surface area contributed by atoms with Gasteiger partial charge in [-0.2, -0.15) is 0 Å². The van der Waals surface area contributed by atoms with E-state index < -0.39 is 0 Å². The molecule has 0 saturated heterocycles. The van der Waals surface area contributed by atoms with Crippen LogP contribution in [0.4, 0.5) is 0 Å². The molecule has 0 fully saturated rings. The van der Waals surface area contributed by atoms with Gasteiger partial charge in [-0.05, 0) is 41.3 Å². The number of hydrogen-bond acceptors (Lipinski definition) is 3. The monoisotopic (exact) mass is 332 g/mol. The Morgan fingerprint density at radius 3 is 2.12 bits per heavy atom. The van der Waals surface area contributed by atoms with Gasteiger partial charge in [0.05, 0.1) is 12.7 Å². The molecule has 0 unspecified atom stereocenters. The van der Waals surface area contributed by atoms with Crippen molar-refractivity contribution in [1.82, 2.24) is 0 Å². The molecule has 3 nitrogen and oxygen atoms in total. The smallest absolute Gasteiger partial charge is 0.338 e. The van der Waals surface area contributed by atoms with Gasteiger partial charge in [-0.3, -0.25) is 0 Å². The van der Waals surface area contributed by atoms with E-state index in [0.717, 1.165) is 22.4 Å². The van der Waals surface area contributed by atoms with Crippen molar-refractivity contribution in [3.63, 3.8) is 0 Å². The maximum atomic E-state index is 12.6. The molecule has 0 radical (unpaired) electrons. The lowest BCUT2D eigenvalue weighted by atomic mass is 9.99. The topological polar surface area (TPSA) is 35.5 Å². The molecule has 0 atom stereocenters. The summed E-state index contributed by atoms with van der Waals surface area (Å²) in [5.74, 6) is 0.406. The van der Waals surface area contributed by atoms with E-state index in [9.17, 15) is 4.79 Å². The first-order valence-electron chi connectivity index (χ1n) is 8.18.